The molecule has 0 bridgehead atoms. The van der Waals surface area contributed by atoms with E-state index in [2.05, 4.69) is 9.71 Å². The number of benzene rings is 1. The maximum absolute atomic E-state index is 12.4. The number of nitrogens with one attached hydrogen (secondary N) is 1. The molecule has 1 heterocycles. The van der Waals surface area contributed by atoms with Crippen molar-refractivity contribution in [1.82, 2.24) is 9.71 Å². The second-order valence-corrected chi connectivity index (χ2v) is 7.33. The standard InChI is InChI=1S/C14H19N3O2S.ClH/c1-10-6-7-12(11-5-4-8-16-13(10)11)20(18,19)17-9-14(2,3)15;/h4-8,17H,9,15H2,1-3H3;1H. The minimum atomic E-state index is -3.61. The molecular weight excluding hydrogens is 310 g/mol. The highest BCUT2D eigenvalue weighted by Gasteiger charge is 2.21. The van der Waals surface area contributed by atoms with Crippen molar-refractivity contribution in [2.45, 2.75) is 31.2 Å². The van der Waals surface area contributed by atoms with Crippen LogP contribution in [-0.4, -0.2) is 25.5 Å². The van der Waals surface area contributed by atoms with E-state index >= 15 is 0 Å². The Bertz CT molecular complexity index is 739. The molecule has 0 saturated carbocycles. The summed E-state index contributed by atoms with van der Waals surface area (Å²) in [5.41, 5.74) is 6.85. The third-order valence-electron chi connectivity index (χ3n) is 2.94. The van der Waals surface area contributed by atoms with Crippen molar-refractivity contribution in [3.8, 4) is 0 Å². The molecule has 2 rings (SSSR count). The Morgan fingerprint density at radius 1 is 1.29 bits per heavy atom. The number of pyridine rings is 1. The first-order chi connectivity index (χ1) is 9.21. The van der Waals surface area contributed by atoms with Crippen LogP contribution >= 0.6 is 12.4 Å². The van der Waals surface area contributed by atoms with Crippen molar-refractivity contribution in [2.24, 2.45) is 5.73 Å². The van der Waals surface area contributed by atoms with Crippen molar-refractivity contribution in [3.05, 3.63) is 36.0 Å². The molecule has 0 radical (unpaired) electrons. The molecule has 0 aliphatic heterocycles. The Balaban J connectivity index is 0.00000220. The molecule has 0 spiro atoms. The number of fused-ring (bicyclic) bond motifs is 1. The third-order valence-corrected chi connectivity index (χ3v) is 4.40. The van der Waals surface area contributed by atoms with Crippen LogP contribution in [0.3, 0.4) is 0 Å². The zero-order valence-corrected chi connectivity index (χ0v) is 13.9. The molecule has 116 valence electrons. The van der Waals surface area contributed by atoms with Crippen LogP contribution in [0.4, 0.5) is 0 Å². The quantitative estimate of drug-likeness (QED) is 0.898. The molecule has 7 heteroatoms. The fourth-order valence-electron chi connectivity index (χ4n) is 1.88. The van der Waals surface area contributed by atoms with Gasteiger partial charge in [0.25, 0.3) is 0 Å². The number of nitrogens with two attached hydrogens (primary N) is 1. The summed E-state index contributed by atoms with van der Waals surface area (Å²) in [4.78, 5) is 4.48. The van der Waals surface area contributed by atoms with Crippen LogP contribution in [0.25, 0.3) is 10.9 Å². The second-order valence-electron chi connectivity index (χ2n) is 5.59. The van der Waals surface area contributed by atoms with E-state index in [4.69, 9.17) is 5.73 Å². The van der Waals surface area contributed by atoms with Crippen molar-refractivity contribution in [1.29, 1.82) is 0 Å². The molecule has 0 unspecified atom stereocenters. The van der Waals surface area contributed by atoms with Gasteiger partial charge in [-0.2, -0.15) is 0 Å². The largest absolute Gasteiger partial charge is 0.324 e. The highest BCUT2D eigenvalue weighted by atomic mass is 35.5. The molecule has 0 fully saturated rings. The van der Waals surface area contributed by atoms with Gasteiger partial charge in [0.1, 0.15) is 0 Å². The van der Waals surface area contributed by atoms with Gasteiger partial charge in [-0.15, -0.1) is 12.4 Å². The number of aryl methyl sites for hydroxylation is 1. The number of aromatic nitrogens is 1. The van der Waals surface area contributed by atoms with Gasteiger partial charge < -0.3 is 5.73 Å². The fraction of sp³-hybridized carbons (Fsp3) is 0.357. The number of hydrogen-bond acceptors (Lipinski definition) is 4. The molecule has 0 aliphatic rings. The van der Waals surface area contributed by atoms with E-state index in [-0.39, 0.29) is 23.8 Å². The van der Waals surface area contributed by atoms with Gasteiger partial charge in [-0.05, 0) is 44.5 Å². The summed E-state index contributed by atoms with van der Waals surface area (Å²) < 4.78 is 27.4. The lowest BCUT2D eigenvalue weighted by Gasteiger charge is -2.19. The highest BCUT2D eigenvalue weighted by molar-refractivity contribution is 7.89. The molecule has 2 aromatic rings. The Labute approximate surface area is 131 Å². The number of rotatable bonds is 4. The molecular formula is C14H20ClN3O2S. The normalized spacial score (nSPS) is 12.2. The highest BCUT2D eigenvalue weighted by Crippen LogP contribution is 2.24. The van der Waals surface area contributed by atoms with Crippen LogP contribution in [0.15, 0.2) is 35.4 Å². The first kappa shape index (κ1) is 17.8. The van der Waals surface area contributed by atoms with E-state index in [0.29, 0.717) is 10.9 Å². The van der Waals surface area contributed by atoms with E-state index in [9.17, 15) is 8.42 Å². The van der Waals surface area contributed by atoms with E-state index < -0.39 is 15.6 Å². The predicted octanol–water partition coefficient (Wildman–Crippen LogP) is 1.98. The van der Waals surface area contributed by atoms with Gasteiger partial charge >= 0.3 is 0 Å². The molecule has 1 aromatic carbocycles. The summed E-state index contributed by atoms with van der Waals surface area (Å²) in [6.45, 7) is 5.61. The van der Waals surface area contributed by atoms with Crippen molar-refractivity contribution in [2.75, 3.05) is 6.54 Å². The molecule has 0 aliphatic carbocycles. The lowest BCUT2D eigenvalue weighted by Crippen LogP contribution is -2.45. The first-order valence-corrected chi connectivity index (χ1v) is 7.82. The molecule has 21 heavy (non-hydrogen) atoms. The molecule has 0 atom stereocenters. The minimum Gasteiger partial charge on any atom is -0.324 e. The topological polar surface area (TPSA) is 85.1 Å². The minimum absolute atomic E-state index is 0. The van der Waals surface area contributed by atoms with Crippen LogP contribution < -0.4 is 10.5 Å². The van der Waals surface area contributed by atoms with Crippen molar-refractivity contribution < 1.29 is 8.42 Å². The van der Waals surface area contributed by atoms with Crippen LogP contribution in [0, 0.1) is 6.92 Å². The Morgan fingerprint density at radius 3 is 2.57 bits per heavy atom. The van der Waals surface area contributed by atoms with Crippen LogP contribution in [0.1, 0.15) is 19.4 Å². The summed E-state index contributed by atoms with van der Waals surface area (Å²) >= 11 is 0. The van der Waals surface area contributed by atoms with Gasteiger partial charge in [0.15, 0.2) is 0 Å². The number of hydrogen-bond donors (Lipinski definition) is 2. The van der Waals surface area contributed by atoms with Gasteiger partial charge in [-0.25, -0.2) is 13.1 Å². The molecule has 1 aromatic heterocycles. The average molecular weight is 330 g/mol. The Kier molecular flexibility index (Phi) is 5.33. The summed E-state index contributed by atoms with van der Waals surface area (Å²) in [7, 11) is -3.61. The van der Waals surface area contributed by atoms with Gasteiger partial charge in [-0.1, -0.05) is 6.07 Å². The van der Waals surface area contributed by atoms with E-state index in [1.807, 2.05) is 6.92 Å². The summed E-state index contributed by atoms with van der Waals surface area (Å²) in [6, 6.07) is 6.85. The maximum Gasteiger partial charge on any atom is 0.241 e. The second kappa shape index (κ2) is 6.27. The van der Waals surface area contributed by atoms with Crippen LogP contribution in [0.5, 0.6) is 0 Å². The lowest BCUT2D eigenvalue weighted by molar-refractivity contribution is 0.498. The summed E-state index contributed by atoms with van der Waals surface area (Å²) in [6.07, 6.45) is 1.65. The zero-order valence-electron chi connectivity index (χ0n) is 12.3. The lowest BCUT2D eigenvalue weighted by atomic mass is 10.1. The summed E-state index contributed by atoms with van der Waals surface area (Å²) in [5.74, 6) is 0. The fourth-order valence-corrected chi connectivity index (χ4v) is 3.30. The summed E-state index contributed by atoms with van der Waals surface area (Å²) in [5, 5.41) is 0.620. The number of sulfonamides is 1. The predicted molar refractivity (Wildman–Crippen MR) is 87.2 cm³/mol. The van der Waals surface area contributed by atoms with Crippen LogP contribution in [0.2, 0.25) is 0 Å². The smallest absolute Gasteiger partial charge is 0.241 e. The van der Waals surface area contributed by atoms with Gasteiger partial charge in [0.2, 0.25) is 10.0 Å². The van der Waals surface area contributed by atoms with Crippen molar-refractivity contribution in [3.63, 3.8) is 0 Å². The molecule has 3 N–H and O–H groups in total. The van der Waals surface area contributed by atoms with Gasteiger partial charge in [-0.3, -0.25) is 4.98 Å². The van der Waals surface area contributed by atoms with E-state index in [1.165, 1.54) is 0 Å². The average Bonchev–Trinajstić information content (AvgIpc) is 2.36. The monoisotopic (exact) mass is 329 g/mol. The maximum atomic E-state index is 12.4. The van der Waals surface area contributed by atoms with Gasteiger partial charge in [0.05, 0.1) is 10.4 Å². The van der Waals surface area contributed by atoms with Gasteiger partial charge in [0, 0.05) is 23.7 Å². The Morgan fingerprint density at radius 2 is 1.95 bits per heavy atom. The molecule has 5 nitrogen and oxygen atoms in total. The number of nitrogens with zero attached hydrogens (tertiary/aromatic N) is 1. The van der Waals surface area contributed by atoms with E-state index in [0.717, 1.165) is 5.56 Å². The zero-order chi connectivity index (χ0) is 15.0. The van der Waals surface area contributed by atoms with E-state index in [1.54, 1.807) is 44.3 Å². The van der Waals surface area contributed by atoms with Crippen LogP contribution in [-0.2, 0) is 10.0 Å². The molecule has 0 saturated heterocycles. The third kappa shape index (κ3) is 4.14. The van der Waals surface area contributed by atoms with Crippen molar-refractivity contribution >= 4 is 33.3 Å². The first-order valence-electron chi connectivity index (χ1n) is 6.34. The molecule has 0 amide bonds. The number of halogens is 1. The Hall–Kier alpha value is -1.21. The SMILES string of the molecule is Cc1ccc(S(=O)(=O)NCC(C)(C)N)c2cccnc12.Cl.